The molecule has 33 heavy (non-hydrogen) atoms. The monoisotopic (exact) mass is 473 g/mol. The molecule has 4 heterocycles. The van der Waals surface area contributed by atoms with Crippen molar-refractivity contribution in [3.8, 4) is 5.82 Å². The van der Waals surface area contributed by atoms with Gasteiger partial charge in [-0.2, -0.15) is 9.40 Å². The zero-order chi connectivity index (χ0) is 23.8. The fraction of sp³-hybridized carbons (Fsp3) is 0.333. The summed E-state index contributed by atoms with van der Waals surface area (Å²) in [5.41, 5.74) is 0.299. The van der Waals surface area contributed by atoms with Crippen molar-refractivity contribution in [3.63, 3.8) is 0 Å². The van der Waals surface area contributed by atoms with E-state index in [1.165, 1.54) is 31.5 Å². The van der Waals surface area contributed by atoms with Crippen LogP contribution in [0.5, 0.6) is 0 Å². The minimum atomic E-state index is -4.02. The van der Waals surface area contributed by atoms with E-state index in [1.54, 1.807) is 40.2 Å². The van der Waals surface area contributed by atoms with Crippen LogP contribution in [0.2, 0.25) is 0 Å². The maximum Gasteiger partial charge on any atom is 0.342 e. The summed E-state index contributed by atoms with van der Waals surface area (Å²) in [6.07, 6.45) is 4.86. The van der Waals surface area contributed by atoms with Crippen molar-refractivity contribution < 1.29 is 27.2 Å². The Bertz CT molecular complexity index is 1270. The van der Waals surface area contributed by atoms with Crippen LogP contribution in [-0.2, 0) is 14.8 Å². The Kier molecular flexibility index (Phi) is 6.04. The Morgan fingerprint density at radius 2 is 1.82 bits per heavy atom. The number of aryl methyl sites for hydroxylation is 2. The second-order valence-corrected chi connectivity index (χ2v) is 9.34. The van der Waals surface area contributed by atoms with E-state index in [2.05, 4.69) is 10.1 Å². The van der Waals surface area contributed by atoms with Crippen LogP contribution in [-0.4, -0.2) is 77.6 Å². The number of furan rings is 1. The van der Waals surface area contributed by atoms with Crippen molar-refractivity contribution in [1.82, 2.24) is 24.0 Å². The number of carbonyl (C=O) groups excluding carboxylic acids is 2. The van der Waals surface area contributed by atoms with Gasteiger partial charge in [-0.3, -0.25) is 4.79 Å². The van der Waals surface area contributed by atoms with Crippen LogP contribution in [0.3, 0.4) is 0 Å². The molecule has 4 rings (SSSR count). The quantitative estimate of drug-likeness (QED) is 0.509. The Labute approximate surface area is 190 Å². The highest BCUT2D eigenvalue weighted by Gasteiger charge is 2.37. The van der Waals surface area contributed by atoms with Gasteiger partial charge in [-0.1, -0.05) is 0 Å². The lowest BCUT2D eigenvalue weighted by Gasteiger charge is -2.34. The van der Waals surface area contributed by atoms with E-state index in [1.807, 2.05) is 0 Å². The highest BCUT2D eigenvalue weighted by atomic mass is 32.2. The van der Waals surface area contributed by atoms with Crippen molar-refractivity contribution in [1.29, 1.82) is 0 Å². The zero-order valence-electron chi connectivity index (χ0n) is 18.4. The standard InChI is InChI=1S/C21H23N5O6S/c1-14-18(21(28)31-3)19(15(2)32-14)33(29,30)25-11-9-24(10-12-25)20(27)16-5-6-17(22-13-16)26-8-4-7-23-26/h4-8,13H,9-12H2,1-3H3. The molecule has 1 aliphatic rings. The predicted octanol–water partition coefficient (Wildman–Crippen LogP) is 1.41. The number of hydrogen-bond acceptors (Lipinski definition) is 8. The third-order valence-corrected chi connectivity index (χ3v) is 7.50. The van der Waals surface area contributed by atoms with Crippen LogP contribution in [0.1, 0.15) is 32.2 Å². The van der Waals surface area contributed by atoms with Crippen LogP contribution in [0, 0.1) is 13.8 Å². The SMILES string of the molecule is COC(=O)c1c(C)oc(C)c1S(=O)(=O)N1CCN(C(=O)c2ccc(-n3cccn3)nc2)CC1. The lowest BCUT2D eigenvalue weighted by molar-refractivity contribution is 0.0594. The molecule has 1 amide bonds. The largest absolute Gasteiger partial charge is 0.465 e. The molecular weight excluding hydrogens is 450 g/mol. The molecule has 0 atom stereocenters. The fourth-order valence-corrected chi connectivity index (χ4v) is 5.60. The maximum absolute atomic E-state index is 13.3. The Morgan fingerprint density at radius 1 is 1.09 bits per heavy atom. The van der Waals surface area contributed by atoms with Gasteiger partial charge < -0.3 is 14.1 Å². The molecule has 1 fully saturated rings. The number of methoxy groups -OCH3 is 1. The second kappa shape index (κ2) is 8.79. The van der Waals surface area contributed by atoms with Gasteiger partial charge in [0.05, 0.1) is 12.7 Å². The average Bonchev–Trinajstić information content (AvgIpc) is 3.46. The predicted molar refractivity (Wildman–Crippen MR) is 116 cm³/mol. The van der Waals surface area contributed by atoms with Crippen LogP contribution in [0.4, 0.5) is 0 Å². The highest BCUT2D eigenvalue weighted by Crippen LogP contribution is 2.30. The lowest BCUT2D eigenvalue weighted by atomic mass is 10.2. The first-order valence-corrected chi connectivity index (χ1v) is 11.6. The van der Waals surface area contributed by atoms with Gasteiger partial charge in [-0.25, -0.2) is 22.9 Å². The number of ether oxygens (including phenoxy) is 1. The summed E-state index contributed by atoms with van der Waals surface area (Å²) in [6, 6.07) is 5.13. The molecule has 0 spiro atoms. The zero-order valence-corrected chi connectivity index (χ0v) is 19.2. The Morgan fingerprint density at radius 3 is 2.39 bits per heavy atom. The van der Waals surface area contributed by atoms with Gasteiger partial charge in [0.15, 0.2) is 5.82 Å². The Balaban J connectivity index is 1.48. The molecule has 1 aliphatic heterocycles. The molecule has 3 aromatic heterocycles. The number of rotatable bonds is 5. The molecule has 0 N–H and O–H groups in total. The van der Waals surface area contributed by atoms with E-state index in [0.717, 1.165) is 0 Å². The number of nitrogens with zero attached hydrogens (tertiary/aromatic N) is 5. The van der Waals surface area contributed by atoms with E-state index in [0.29, 0.717) is 11.4 Å². The second-order valence-electron chi connectivity index (χ2n) is 7.46. The normalized spacial score (nSPS) is 14.9. The molecule has 0 saturated carbocycles. The first kappa shape index (κ1) is 22.7. The van der Waals surface area contributed by atoms with Gasteiger partial charge in [0.1, 0.15) is 22.0 Å². The summed E-state index contributed by atoms with van der Waals surface area (Å²) in [5.74, 6) is -0.132. The molecular formula is C21H23N5O6S. The summed E-state index contributed by atoms with van der Waals surface area (Å²) in [7, 11) is -2.84. The van der Waals surface area contributed by atoms with Crippen LogP contribution >= 0.6 is 0 Å². The number of pyridine rings is 1. The molecule has 12 heteroatoms. The number of aromatic nitrogens is 3. The van der Waals surface area contributed by atoms with Crippen LogP contribution in [0.25, 0.3) is 5.82 Å². The summed E-state index contributed by atoms with van der Waals surface area (Å²) in [4.78, 5) is 30.7. The molecule has 0 aromatic carbocycles. The number of esters is 1. The number of piperazine rings is 1. The topological polar surface area (TPSA) is 128 Å². The van der Waals surface area contributed by atoms with Crippen molar-refractivity contribution in [2.45, 2.75) is 18.7 Å². The molecule has 174 valence electrons. The number of carbonyl (C=O) groups is 2. The van der Waals surface area contributed by atoms with E-state index in [9.17, 15) is 18.0 Å². The van der Waals surface area contributed by atoms with E-state index in [-0.39, 0.29) is 54.1 Å². The van der Waals surface area contributed by atoms with Crippen LogP contribution < -0.4 is 0 Å². The van der Waals surface area contributed by atoms with Gasteiger partial charge in [0.2, 0.25) is 10.0 Å². The van der Waals surface area contributed by atoms with E-state index >= 15 is 0 Å². The molecule has 3 aromatic rings. The minimum Gasteiger partial charge on any atom is -0.465 e. The van der Waals surface area contributed by atoms with Gasteiger partial charge >= 0.3 is 5.97 Å². The first-order chi connectivity index (χ1) is 15.7. The third-order valence-electron chi connectivity index (χ3n) is 5.45. The Hall–Kier alpha value is -3.51. The molecule has 1 saturated heterocycles. The first-order valence-electron chi connectivity index (χ1n) is 10.2. The lowest BCUT2D eigenvalue weighted by Crippen LogP contribution is -2.50. The summed E-state index contributed by atoms with van der Waals surface area (Å²) in [5, 5.41) is 4.10. The van der Waals surface area contributed by atoms with E-state index < -0.39 is 16.0 Å². The van der Waals surface area contributed by atoms with E-state index in [4.69, 9.17) is 9.15 Å². The summed E-state index contributed by atoms with van der Waals surface area (Å²) < 4.78 is 39.6. The molecule has 0 aliphatic carbocycles. The summed E-state index contributed by atoms with van der Waals surface area (Å²) in [6.45, 7) is 3.56. The molecule has 11 nitrogen and oxygen atoms in total. The highest BCUT2D eigenvalue weighted by molar-refractivity contribution is 7.89. The molecule has 0 bridgehead atoms. The van der Waals surface area contributed by atoms with Crippen molar-refractivity contribution >= 4 is 21.9 Å². The fourth-order valence-electron chi connectivity index (χ4n) is 3.81. The molecule has 0 unspecified atom stereocenters. The summed E-state index contributed by atoms with van der Waals surface area (Å²) >= 11 is 0. The van der Waals surface area contributed by atoms with Gasteiger partial charge in [-0.05, 0) is 32.0 Å². The number of amides is 1. The third kappa shape index (κ3) is 4.14. The van der Waals surface area contributed by atoms with Crippen molar-refractivity contribution in [3.05, 3.63) is 59.4 Å². The maximum atomic E-state index is 13.3. The van der Waals surface area contributed by atoms with Gasteiger partial charge in [0, 0.05) is 44.8 Å². The van der Waals surface area contributed by atoms with Crippen molar-refractivity contribution in [2.75, 3.05) is 33.3 Å². The molecule has 0 radical (unpaired) electrons. The number of hydrogen-bond donors (Lipinski definition) is 0. The minimum absolute atomic E-state index is 0.0805. The van der Waals surface area contributed by atoms with Crippen molar-refractivity contribution in [2.24, 2.45) is 0 Å². The van der Waals surface area contributed by atoms with Gasteiger partial charge in [-0.15, -0.1) is 0 Å². The number of sulfonamides is 1. The van der Waals surface area contributed by atoms with Gasteiger partial charge in [0.25, 0.3) is 5.91 Å². The van der Waals surface area contributed by atoms with Crippen LogP contribution in [0.15, 0.2) is 46.1 Å². The average molecular weight is 474 g/mol. The smallest absolute Gasteiger partial charge is 0.342 e.